The molecule has 0 unspecified atom stereocenters. The summed E-state index contributed by atoms with van der Waals surface area (Å²) in [5.74, 6) is 0. The summed E-state index contributed by atoms with van der Waals surface area (Å²) in [6.07, 6.45) is -3.20. The molecule has 1 aromatic heterocycles. The van der Waals surface area contributed by atoms with Crippen LogP contribution in [0.3, 0.4) is 0 Å². The van der Waals surface area contributed by atoms with Gasteiger partial charge in [-0.3, -0.25) is 4.98 Å². The van der Waals surface area contributed by atoms with Crippen LogP contribution in [0.1, 0.15) is 5.69 Å². The Kier molecular flexibility index (Phi) is 3.22. The Hall–Kier alpha value is 0.0200. The van der Waals surface area contributed by atoms with Crippen LogP contribution in [0.25, 0.3) is 0 Å². The fourth-order valence-corrected chi connectivity index (χ4v) is 2.20. The van der Waals surface area contributed by atoms with Crippen LogP contribution in [0.2, 0.25) is 0 Å². The van der Waals surface area contributed by atoms with Gasteiger partial charge in [0.15, 0.2) is 14.6 Å². The van der Waals surface area contributed by atoms with E-state index < -0.39 is 11.9 Å². The lowest BCUT2D eigenvalue weighted by Crippen LogP contribution is -3.27. The third kappa shape index (κ3) is 2.25. The molecule has 0 spiro atoms. The Morgan fingerprint density at radius 1 is 1.42 bits per heavy atom. The van der Waals surface area contributed by atoms with Crippen molar-refractivity contribution < 1.29 is 34.4 Å². The van der Waals surface area contributed by atoms with Gasteiger partial charge in [-0.15, -0.1) is 0 Å². The zero-order valence-corrected chi connectivity index (χ0v) is 8.78. The molecule has 1 heterocycles. The molecule has 0 saturated carbocycles. The normalized spacial score (nSPS) is 11.7. The van der Waals surface area contributed by atoms with E-state index in [0.29, 0.717) is 0 Å². The average molecular weight is 306 g/mol. The minimum Gasteiger partial charge on any atom is -0.251 e. The number of halogens is 4. The van der Waals surface area contributed by atoms with Gasteiger partial charge in [-0.05, 0) is 12.1 Å². The van der Waals surface area contributed by atoms with Crippen molar-refractivity contribution in [3.8, 4) is 0 Å². The van der Waals surface area contributed by atoms with Gasteiger partial charge in [0.25, 0.3) is 0 Å². The maximum atomic E-state index is 12.2. The zero-order chi connectivity index (χ0) is 9.19. The largest absolute Gasteiger partial charge is 0.434 e. The third-order valence-electron chi connectivity index (χ3n) is 1.13. The molecule has 0 radical (unpaired) electrons. The summed E-state index contributed by atoms with van der Waals surface area (Å²) in [7, 11) is 1.05. The van der Waals surface area contributed by atoms with Gasteiger partial charge in [0.05, 0.1) is 4.90 Å². The van der Waals surface area contributed by atoms with Crippen molar-refractivity contribution in [2.45, 2.75) is 11.1 Å². The molecule has 1 nitrogen and oxygen atoms in total. The standard InChI is InChI=1S/C6H4F3INS/c7-6(8,9)5-4(12-10)2-1-3-11-5/h1-3,10H/q+1. The lowest BCUT2D eigenvalue weighted by Gasteiger charge is -2.05. The van der Waals surface area contributed by atoms with Crippen LogP contribution in [0, 0.1) is 0 Å². The van der Waals surface area contributed by atoms with E-state index in [2.05, 4.69) is 4.98 Å². The molecule has 0 fully saturated rings. The minimum absolute atomic E-state index is 0.162. The quantitative estimate of drug-likeness (QED) is 0.642. The molecule has 0 aliphatic heterocycles. The van der Waals surface area contributed by atoms with Crippen LogP contribution in [-0.2, 0) is 6.18 Å². The maximum Gasteiger partial charge on any atom is 0.434 e. The van der Waals surface area contributed by atoms with Crippen molar-refractivity contribution in [3.63, 3.8) is 0 Å². The minimum atomic E-state index is -4.35. The number of rotatable bonds is 1. The highest BCUT2D eigenvalue weighted by Crippen LogP contribution is 2.32. The van der Waals surface area contributed by atoms with E-state index in [9.17, 15) is 13.2 Å². The number of alkyl halides is 3. The van der Waals surface area contributed by atoms with E-state index in [1.165, 1.54) is 33.3 Å². The SMILES string of the molecule is FC(F)(F)c1ncccc1S[IH+]. The molecule has 1 rings (SSSR count). The second-order valence-corrected chi connectivity index (χ2v) is 3.96. The molecule has 0 atom stereocenters. The fourth-order valence-electron chi connectivity index (χ4n) is 0.671. The molecule has 0 aromatic carbocycles. The molecule has 1 aromatic rings. The van der Waals surface area contributed by atoms with Gasteiger partial charge in [0.2, 0.25) is 0 Å². The molecular weight excluding hydrogens is 302 g/mol. The first-order valence-electron chi connectivity index (χ1n) is 2.87. The topological polar surface area (TPSA) is 12.9 Å². The Balaban J connectivity index is 3.14. The highest BCUT2D eigenvalue weighted by molar-refractivity contribution is 7.92. The van der Waals surface area contributed by atoms with Gasteiger partial charge in [0.1, 0.15) is 0 Å². The fraction of sp³-hybridized carbons (Fsp3) is 0.167. The summed E-state index contributed by atoms with van der Waals surface area (Å²) in [6.45, 7) is 0. The first-order chi connectivity index (χ1) is 5.55. The molecule has 6 heteroatoms. The molecule has 0 saturated heterocycles. The van der Waals surface area contributed by atoms with E-state index in [0.717, 1.165) is 15.1 Å². The zero-order valence-electron chi connectivity index (χ0n) is 5.63. The highest BCUT2D eigenvalue weighted by Gasteiger charge is 2.36. The van der Waals surface area contributed by atoms with Crippen molar-refractivity contribution >= 4 is 8.93 Å². The Labute approximate surface area is 83.3 Å². The predicted molar refractivity (Wildman–Crippen MR) is 36.5 cm³/mol. The highest BCUT2D eigenvalue weighted by atomic mass is 127. The van der Waals surface area contributed by atoms with Crippen LogP contribution in [0.15, 0.2) is 23.2 Å². The lowest BCUT2D eigenvalue weighted by molar-refractivity contribution is -0.149. The van der Waals surface area contributed by atoms with Crippen LogP contribution in [0.4, 0.5) is 13.2 Å². The van der Waals surface area contributed by atoms with E-state index in [4.69, 9.17) is 0 Å². The van der Waals surface area contributed by atoms with Crippen molar-refractivity contribution in [3.05, 3.63) is 24.0 Å². The summed E-state index contributed by atoms with van der Waals surface area (Å²) in [6, 6.07) is 2.89. The van der Waals surface area contributed by atoms with Gasteiger partial charge in [0, 0.05) is 6.20 Å². The second-order valence-electron chi connectivity index (χ2n) is 1.93. The van der Waals surface area contributed by atoms with E-state index in [-0.39, 0.29) is 4.90 Å². The van der Waals surface area contributed by atoms with E-state index in [1.807, 2.05) is 0 Å². The van der Waals surface area contributed by atoms with Gasteiger partial charge in [-0.25, -0.2) is 0 Å². The first kappa shape index (κ1) is 10.1. The lowest BCUT2D eigenvalue weighted by atomic mass is 10.3. The molecule has 66 valence electrons. The summed E-state index contributed by atoms with van der Waals surface area (Å²) >= 11 is 1.52. The Morgan fingerprint density at radius 3 is 2.50 bits per heavy atom. The van der Waals surface area contributed by atoms with Crippen molar-refractivity contribution in [2.75, 3.05) is 0 Å². The van der Waals surface area contributed by atoms with Crippen molar-refractivity contribution in [2.24, 2.45) is 0 Å². The molecule has 0 bridgehead atoms. The predicted octanol–water partition coefficient (Wildman–Crippen LogP) is -0.607. The molecule has 0 amide bonds. The monoisotopic (exact) mass is 306 g/mol. The molecule has 0 aliphatic rings. The maximum absolute atomic E-state index is 12.2. The third-order valence-corrected chi connectivity index (χ3v) is 3.18. The first-order valence-corrected chi connectivity index (χ1v) is 6.47. The van der Waals surface area contributed by atoms with Crippen LogP contribution in [0.5, 0.6) is 0 Å². The number of hydrogen-bond acceptors (Lipinski definition) is 2. The summed E-state index contributed by atoms with van der Waals surface area (Å²) in [5.41, 5.74) is -0.805. The van der Waals surface area contributed by atoms with E-state index in [1.54, 1.807) is 0 Å². The van der Waals surface area contributed by atoms with Gasteiger partial charge in [-0.1, -0.05) is 0 Å². The Morgan fingerprint density at radius 2 is 2.08 bits per heavy atom. The Bertz CT molecular complexity index is 276. The summed E-state index contributed by atoms with van der Waals surface area (Å²) < 4.78 is 36.5. The number of pyridine rings is 1. The second kappa shape index (κ2) is 3.82. The van der Waals surface area contributed by atoms with Crippen LogP contribution >= 0.6 is 8.93 Å². The smallest absolute Gasteiger partial charge is 0.251 e. The van der Waals surface area contributed by atoms with Gasteiger partial charge >= 0.3 is 27.4 Å². The van der Waals surface area contributed by atoms with Gasteiger partial charge < -0.3 is 0 Å². The number of aromatic nitrogens is 1. The molecule has 0 aliphatic carbocycles. The van der Waals surface area contributed by atoms with Crippen molar-refractivity contribution in [1.29, 1.82) is 0 Å². The summed E-state index contributed by atoms with van der Waals surface area (Å²) in [4.78, 5) is 3.44. The molecular formula is C6H4F3INS+. The van der Waals surface area contributed by atoms with Crippen molar-refractivity contribution in [1.82, 2.24) is 4.98 Å². The van der Waals surface area contributed by atoms with Crippen LogP contribution < -0.4 is 21.2 Å². The molecule has 0 N–H and O–H groups in total. The van der Waals surface area contributed by atoms with Crippen LogP contribution in [-0.4, -0.2) is 4.98 Å². The van der Waals surface area contributed by atoms with E-state index >= 15 is 0 Å². The molecule has 12 heavy (non-hydrogen) atoms. The summed E-state index contributed by atoms with van der Waals surface area (Å²) in [5, 5.41) is 0. The number of nitrogens with zero attached hydrogens (tertiary/aromatic N) is 1. The van der Waals surface area contributed by atoms with Gasteiger partial charge in [-0.2, -0.15) is 13.2 Å². The number of hydrogen-bond donors (Lipinski definition) is 0. The average Bonchev–Trinajstić information content (AvgIpc) is 2.03.